The summed E-state index contributed by atoms with van der Waals surface area (Å²) >= 11 is 2.07. The third-order valence-electron chi connectivity index (χ3n) is 10.7. The lowest BCUT2D eigenvalue weighted by molar-refractivity contribution is -0.140. The van der Waals surface area contributed by atoms with Gasteiger partial charge in [-0.1, -0.05) is 100 Å². The number of benzene rings is 3. The highest BCUT2D eigenvalue weighted by Gasteiger charge is 2.55. The van der Waals surface area contributed by atoms with E-state index in [2.05, 4.69) is 67.6 Å². The molecular weight excluding hydrogens is 785 g/mol. The van der Waals surface area contributed by atoms with E-state index in [0.29, 0.717) is 40.7 Å². The van der Waals surface area contributed by atoms with Crippen molar-refractivity contribution in [3.05, 3.63) is 98.6 Å². The number of rotatable bonds is 14. The Hall–Kier alpha value is -3.29. The Morgan fingerprint density at radius 1 is 1.04 bits per heavy atom. The topological polar surface area (TPSA) is 117 Å². The number of allylic oxidation sites excluding steroid dienone is 1. The van der Waals surface area contributed by atoms with E-state index in [1.807, 2.05) is 62.4 Å². The van der Waals surface area contributed by atoms with Gasteiger partial charge in [-0.25, -0.2) is 0 Å². The molecule has 1 aliphatic heterocycles. The highest BCUT2D eigenvalue weighted by Crippen LogP contribution is 2.47. The molecule has 1 fully saturated rings. The molecule has 3 aromatic rings. The highest BCUT2D eigenvalue weighted by molar-refractivity contribution is 14.1. The van der Waals surface area contributed by atoms with Gasteiger partial charge in [0, 0.05) is 12.5 Å². The van der Waals surface area contributed by atoms with Gasteiger partial charge in [-0.2, -0.15) is 0 Å². The lowest BCUT2D eigenvalue weighted by Crippen LogP contribution is -2.66. The van der Waals surface area contributed by atoms with Gasteiger partial charge >= 0.3 is 0 Å². The number of phenolic OH excluding ortho intramolecular Hbond substituents is 1. The van der Waals surface area contributed by atoms with Gasteiger partial charge in [-0.15, -0.1) is 0 Å². The monoisotopic (exact) mass is 837 g/mol. The first-order chi connectivity index (χ1) is 24.8. The maximum atomic E-state index is 13.8. The van der Waals surface area contributed by atoms with Crippen molar-refractivity contribution in [2.45, 2.75) is 71.4 Å². The Morgan fingerprint density at radius 2 is 1.65 bits per heavy atom. The summed E-state index contributed by atoms with van der Waals surface area (Å²) < 4.78 is 13.4. The van der Waals surface area contributed by atoms with Gasteiger partial charge in [0.25, 0.3) is 8.32 Å². The number of imide groups is 1. The number of carbonyl (C=O) groups is 2. The van der Waals surface area contributed by atoms with E-state index < -0.39 is 32.2 Å². The van der Waals surface area contributed by atoms with Crippen molar-refractivity contribution in [1.82, 2.24) is 4.90 Å². The number of aromatic hydroxyl groups is 1. The maximum absolute atomic E-state index is 13.8. The van der Waals surface area contributed by atoms with Gasteiger partial charge in [-0.3, -0.25) is 14.5 Å². The number of amides is 2. The number of phenols is 1. The molecule has 0 saturated carbocycles. The van der Waals surface area contributed by atoms with Gasteiger partial charge in [0.1, 0.15) is 0 Å². The van der Waals surface area contributed by atoms with Gasteiger partial charge in [0.15, 0.2) is 11.5 Å². The molecule has 8 nitrogen and oxygen atoms in total. The van der Waals surface area contributed by atoms with E-state index in [4.69, 9.17) is 9.16 Å². The fourth-order valence-corrected chi connectivity index (χ4v) is 13.4. The van der Waals surface area contributed by atoms with E-state index >= 15 is 0 Å². The predicted molar refractivity (Wildman–Crippen MR) is 216 cm³/mol. The largest absolute Gasteiger partial charge is 0.504 e. The van der Waals surface area contributed by atoms with Gasteiger partial charge < -0.3 is 24.5 Å². The lowest BCUT2D eigenvalue weighted by atomic mass is 9.68. The van der Waals surface area contributed by atoms with Crippen molar-refractivity contribution in [2.75, 3.05) is 26.9 Å². The Kier molecular flexibility index (Phi) is 12.9. The fourth-order valence-electron chi connectivity index (χ4n) is 8.27. The average Bonchev–Trinajstić information content (AvgIpc) is 3.36. The van der Waals surface area contributed by atoms with Crippen LogP contribution in [0.4, 0.5) is 0 Å². The first-order valence-electron chi connectivity index (χ1n) is 18.1. The van der Waals surface area contributed by atoms with Crippen LogP contribution < -0.4 is 15.1 Å². The molecule has 52 heavy (non-hydrogen) atoms. The summed E-state index contributed by atoms with van der Waals surface area (Å²) in [5.74, 6) is -2.04. The first kappa shape index (κ1) is 39.9. The second kappa shape index (κ2) is 16.8. The molecule has 1 aliphatic carbocycles. The second-order valence-electron chi connectivity index (χ2n) is 15.1. The van der Waals surface area contributed by atoms with E-state index in [9.17, 15) is 24.9 Å². The minimum atomic E-state index is -2.99. The van der Waals surface area contributed by atoms with E-state index in [-0.39, 0.29) is 42.2 Å². The number of methoxy groups -OCH3 is 1. The van der Waals surface area contributed by atoms with Crippen LogP contribution in [-0.2, 0) is 14.0 Å². The minimum Gasteiger partial charge on any atom is -0.504 e. The Morgan fingerprint density at radius 3 is 2.19 bits per heavy atom. The third-order valence-corrected chi connectivity index (χ3v) is 16.5. The van der Waals surface area contributed by atoms with Crippen molar-refractivity contribution in [2.24, 2.45) is 17.8 Å². The second-order valence-corrected chi connectivity index (χ2v) is 20.5. The Labute approximate surface area is 322 Å². The molecule has 0 bridgehead atoms. The summed E-state index contributed by atoms with van der Waals surface area (Å²) in [6, 6.07) is 24.3. The van der Waals surface area contributed by atoms with Crippen LogP contribution in [0, 0.1) is 21.3 Å². The summed E-state index contributed by atoms with van der Waals surface area (Å²) in [6.45, 7) is 10.7. The zero-order valence-corrected chi connectivity index (χ0v) is 34.2. The number of ether oxygens (including phenoxy) is 1. The molecule has 0 spiro atoms. The number of halogens is 1. The fraction of sp³-hybridized carbons (Fsp3) is 0.429. The number of nitrogens with zero attached hydrogens (tertiary/aromatic N) is 1. The highest BCUT2D eigenvalue weighted by atomic mass is 127. The first-order valence-corrected chi connectivity index (χ1v) is 21.1. The van der Waals surface area contributed by atoms with Gasteiger partial charge in [0.05, 0.1) is 41.8 Å². The molecule has 10 heteroatoms. The lowest BCUT2D eigenvalue weighted by Gasteiger charge is -2.44. The van der Waals surface area contributed by atoms with Gasteiger partial charge in [-0.05, 0) is 99.5 Å². The maximum Gasteiger partial charge on any atom is 0.261 e. The normalized spacial score (nSPS) is 20.4. The van der Waals surface area contributed by atoms with Crippen LogP contribution in [0.1, 0.15) is 65.9 Å². The van der Waals surface area contributed by atoms with Crippen LogP contribution in [0.5, 0.6) is 11.5 Å². The van der Waals surface area contributed by atoms with Crippen molar-refractivity contribution in [1.29, 1.82) is 0 Å². The third kappa shape index (κ3) is 7.82. The van der Waals surface area contributed by atoms with Crippen LogP contribution in [0.25, 0.3) is 6.08 Å². The SMILES string of the molecule is CCCN1C(=O)[C@@H]2[C@@H](CC(CO[Si](c3ccccc3)(c3ccccc3)C(C)(C)C)=C([C@H](O)CC/C(C)=C/c3cc(I)c(O)c(OC)c3)[C@@H]2CO)C1=O. The molecule has 1 heterocycles. The molecule has 0 unspecified atom stereocenters. The van der Waals surface area contributed by atoms with E-state index in [0.717, 1.165) is 27.1 Å². The van der Waals surface area contributed by atoms with Crippen molar-refractivity contribution < 1.29 is 34.1 Å². The number of fused-ring (bicyclic) bond motifs is 1. The number of hydrogen-bond donors (Lipinski definition) is 3. The van der Waals surface area contributed by atoms with Crippen molar-refractivity contribution in [3.63, 3.8) is 0 Å². The van der Waals surface area contributed by atoms with Crippen molar-refractivity contribution in [3.8, 4) is 11.5 Å². The quantitative estimate of drug-likeness (QED) is 0.0741. The zero-order chi connectivity index (χ0) is 37.8. The molecule has 2 aliphatic rings. The van der Waals surface area contributed by atoms with Crippen LogP contribution in [0.3, 0.4) is 0 Å². The molecule has 0 aromatic heterocycles. The molecule has 278 valence electrons. The average molecular weight is 838 g/mol. The molecule has 3 aromatic carbocycles. The predicted octanol–water partition coefficient (Wildman–Crippen LogP) is 6.45. The molecule has 0 radical (unpaired) electrons. The number of carbonyl (C=O) groups excluding carboxylic acids is 2. The summed E-state index contributed by atoms with van der Waals surface area (Å²) in [5.41, 5.74) is 3.28. The summed E-state index contributed by atoms with van der Waals surface area (Å²) in [7, 11) is -1.48. The number of aliphatic hydroxyl groups excluding tert-OH is 2. The minimum absolute atomic E-state index is 0.0937. The van der Waals surface area contributed by atoms with Gasteiger partial charge in [0.2, 0.25) is 11.8 Å². The zero-order valence-electron chi connectivity index (χ0n) is 31.1. The van der Waals surface area contributed by atoms with Crippen LogP contribution in [-0.4, -0.2) is 73.3 Å². The van der Waals surface area contributed by atoms with Crippen molar-refractivity contribution >= 4 is 59.2 Å². The molecule has 2 amide bonds. The number of hydrogen-bond acceptors (Lipinski definition) is 7. The summed E-state index contributed by atoms with van der Waals surface area (Å²) in [6.07, 6.45) is 2.84. The van der Waals surface area contributed by atoms with E-state index in [1.54, 1.807) is 6.07 Å². The standard InChI is InChI=1S/C42H52INO7Si/c1-7-20-44-40(48)32-24-29(26-51-52(42(3,4)5,30-14-10-8-11-15-30)31-16-12-9-13-17-31)37(33(25-45)38(32)41(44)49)35(46)19-18-27(2)21-28-22-34(43)39(47)36(23-28)50-6/h8-17,21-23,32-33,35,38,45-47H,7,18-20,24-26H2,1-6H3/b27-21+/t32-,33+,35-,38-/m1/s1. The molecule has 4 atom stereocenters. The Bertz CT molecular complexity index is 1760. The molecule has 3 N–H and O–H groups in total. The van der Waals surface area contributed by atoms with Crippen LogP contribution >= 0.6 is 22.6 Å². The van der Waals surface area contributed by atoms with Crippen LogP contribution in [0.15, 0.2) is 89.5 Å². The summed E-state index contributed by atoms with van der Waals surface area (Å²) in [5, 5.41) is 35.3. The Balaban J connectivity index is 1.55. The number of likely N-dealkylation sites (tertiary alicyclic amines) is 1. The smallest absolute Gasteiger partial charge is 0.261 e. The number of aliphatic hydroxyl groups is 2. The van der Waals surface area contributed by atoms with E-state index in [1.165, 1.54) is 12.0 Å². The molecular formula is C42H52INO7Si. The van der Waals surface area contributed by atoms with Crippen LogP contribution in [0.2, 0.25) is 5.04 Å². The molecule has 5 rings (SSSR count). The molecule has 1 saturated heterocycles. The summed E-state index contributed by atoms with van der Waals surface area (Å²) in [4.78, 5) is 28.9.